The molecule has 2 aliphatic carbocycles. The minimum absolute atomic E-state index is 0.326. The van der Waals surface area contributed by atoms with Gasteiger partial charge in [0.1, 0.15) is 0 Å². The van der Waals surface area contributed by atoms with Crippen LogP contribution in [0.5, 0.6) is 0 Å². The highest BCUT2D eigenvalue weighted by Crippen LogP contribution is 2.48. The van der Waals surface area contributed by atoms with Gasteiger partial charge in [-0.2, -0.15) is 4.99 Å². The number of hydrogen-bond acceptors (Lipinski definition) is 2. The predicted octanol–water partition coefficient (Wildman–Crippen LogP) is 3.93. The lowest BCUT2D eigenvalue weighted by atomic mass is 9.72. The van der Waals surface area contributed by atoms with Crippen LogP contribution in [0.25, 0.3) is 0 Å². The van der Waals surface area contributed by atoms with E-state index in [0.717, 1.165) is 29.8 Å². The van der Waals surface area contributed by atoms with Crippen molar-refractivity contribution in [2.24, 2.45) is 4.99 Å². The number of isocyanates is 1. The number of nitrogens with zero attached hydrogens (tertiary/aromatic N) is 1. The zero-order valence-corrected chi connectivity index (χ0v) is 10.3. The number of aliphatic imine (C=N–C) groups is 1. The number of benzene rings is 1. The van der Waals surface area contributed by atoms with E-state index in [1.54, 1.807) is 6.08 Å². The Labute approximate surface area is 106 Å². The number of halogens is 1. The fourth-order valence-electron chi connectivity index (χ4n) is 2.61. The first kappa shape index (κ1) is 11.0. The fraction of sp³-hybridized carbons (Fsp3) is 0.500. The van der Waals surface area contributed by atoms with E-state index < -0.39 is 0 Å². The minimum atomic E-state index is -0.326. The normalized spacial score (nSPS) is 21.5. The van der Waals surface area contributed by atoms with Gasteiger partial charge in [-0.3, -0.25) is 0 Å². The summed E-state index contributed by atoms with van der Waals surface area (Å²) in [7, 11) is 0. The van der Waals surface area contributed by atoms with Gasteiger partial charge in [0.05, 0.1) is 5.54 Å². The zero-order chi connectivity index (χ0) is 11.9. The van der Waals surface area contributed by atoms with Gasteiger partial charge >= 0.3 is 0 Å². The molecule has 0 heterocycles. The quantitative estimate of drug-likeness (QED) is 0.588. The van der Waals surface area contributed by atoms with Crippen molar-refractivity contribution < 1.29 is 4.79 Å². The number of rotatable bonds is 3. The molecule has 3 rings (SSSR count). The zero-order valence-electron chi connectivity index (χ0n) is 9.58. The second-order valence-electron chi connectivity index (χ2n) is 5.10. The van der Waals surface area contributed by atoms with Crippen molar-refractivity contribution in [2.75, 3.05) is 0 Å². The Kier molecular flexibility index (Phi) is 2.57. The van der Waals surface area contributed by atoms with E-state index in [1.165, 1.54) is 18.4 Å². The summed E-state index contributed by atoms with van der Waals surface area (Å²) < 4.78 is 0. The van der Waals surface area contributed by atoms with E-state index in [-0.39, 0.29) is 5.54 Å². The van der Waals surface area contributed by atoms with E-state index in [4.69, 9.17) is 11.6 Å². The van der Waals surface area contributed by atoms with Crippen LogP contribution in [0.1, 0.15) is 49.1 Å². The molecule has 2 nitrogen and oxygen atoms in total. The van der Waals surface area contributed by atoms with Crippen LogP contribution in [0, 0.1) is 0 Å². The van der Waals surface area contributed by atoms with E-state index in [2.05, 4.69) is 17.1 Å². The second-order valence-corrected chi connectivity index (χ2v) is 5.51. The highest BCUT2D eigenvalue weighted by atomic mass is 35.5. The van der Waals surface area contributed by atoms with Crippen LogP contribution in [0.2, 0.25) is 5.02 Å². The topological polar surface area (TPSA) is 29.4 Å². The molecule has 0 aliphatic heterocycles. The van der Waals surface area contributed by atoms with Crippen LogP contribution in [0.4, 0.5) is 0 Å². The Morgan fingerprint density at radius 3 is 2.59 bits per heavy atom. The van der Waals surface area contributed by atoms with Gasteiger partial charge in [0.15, 0.2) is 0 Å². The summed E-state index contributed by atoms with van der Waals surface area (Å²) in [6, 6.07) is 6.18. The molecule has 0 bridgehead atoms. The molecule has 1 aromatic rings. The monoisotopic (exact) mass is 247 g/mol. The predicted molar refractivity (Wildman–Crippen MR) is 67.1 cm³/mol. The largest absolute Gasteiger partial charge is 0.235 e. The van der Waals surface area contributed by atoms with Gasteiger partial charge < -0.3 is 0 Å². The van der Waals surface area contributed by atoms with Gasteiger partial charge in [-0.1, -0.05) is 23.7 Å². The Morgan fingerprint density at radius 1 is 1.35 bits per heavy atom. The van der Waals surface area contributed by atoms with Crippen LogP contribution in [-0.4, -0.2) is 6.08 Å². The molecule has 2 saturated carbocycles. The smallest absolute Gasteiger partial charge is 0.211 e. The molecule has 0 N–H and O–H groups in total. The first-order valence-corrected chi connectivity index (χ1v) is 6.52. The van der Waals surface area contributed by atoms with Gasteiger partial charge in [0, 0.05) is 5.02 Å². The lowest BCUT2D eigenvalue weighted by Gasteiger charge is -2.37. The van der Waals surface area contributed by atoms with Crippen molar-refractivity contribution in [3.8, 4) is 0 Å². The van der Waals surface area contributed by atoms with Gasteiger partial charge in [0.2, 0.25) is 6.08 Å². The van der Waals surface area contributed by atoms with Crippen LogP contribution in [-0.2, 0) is 10.3 Å². The summed E-state index contributed by atoms with van der Waals surface area (Å²) in [4.78, 5) is 14.5. The maximum atomic E-state index is 10.5. The minimum Gasteiger partial charge on any atom is -0.211 e. The number of carbonyl (C=O) groups excluding carboxylic acids is 1. The molecular weight excluding hydrogens is 234 g/mol. The highest BCUT2D eigenvalue weighted by Gasteiger charge is 2.39. The SMILES string of the molecule is O=C=NC1(c2ccc(C3CC3)c(Cl)c2)CCC1. The summed E-state index contributed by atoms with van der Waals surface area (Å²) in [5, 5.41) is 0.831. The molecule has 0 atom stereocenters. The van der Waals surface area contributed by atoms with Crippen LogP contribution < -0.4 is 0 Å². The van der Waals surface area contributed by atoms with E-state index in [9.17, 15) is 4.79 Å². The Balaban J connectivity index is 1.97. The first-order valence-electron chi connectivity index (χ1n) is 6.14. The van der Waals surface area contributed by atoms with Crippen molar-refractivity contribution in [2.45, 2.75) is 43.6 Å². The summed E-state index contributed by atoms with van der Waals surface area (Å²) in [6.07, 6.45) is 7.19. The lowest BCUT2D eigenvalue weighted by Crippen LogP contribution is -2.31. The van der Waals surface area contributed by atoms with E-state index in [0.29, 0.717) is 5.92 Å². The molecule has 0 spiro atoms. The Morgan fingerprint density at radius 2 is 2.12 bits per heavy atom. The molecule has 0 unspecified atom stereocenters. The standard InChI is InChI=1S/C14H14ClNO/c15-13-8-11(4-5-12(13)10-2-3-10)14(16-9-17)6-1-7-14/h4-5,8,10H,1-3,6-7H2. The maximum Gasteiger partial charge on any atom is 0.235 e. The van der Waals surface area contributed by atoms with Crippen molar-refractivity contribution in [3.63, 3.8) is 0 Å². The maximum absolute atomic E-state index is 10.5. The van der Waals surface area contributed by atoms with Crippen LogP contribution in [0.3, 0.4) is 0 Å². The lowest BCUT2D eigenvalue weighted by molar-refractivity contribution is 0.256. The third-order valence-corrected chi connectivity index (χ3v) is 4.32. The Bertz CT molecular complexity index is 497. The molecule has 0 amide bonds. The fourth-order valence-corrected chi connectivity index (χ4v) is 2.94. The second kappa shape index (κ2) is 3.97. The molecule has 1 aromatic carbocycles. The molecule has 0 radical (unpaired) electrons. The molecular formula is C14H14ClNO. The summed E-state index contributed by atoms with van der Waals surface area (Å²) in [6.45, 7) is 0. The molecule has 0 saturated heterocycles. The average Bonchev–Trinajstić information content (AvgIpc) is 3.07. The van der Waals surface area contributed by atoms with Crippen molar-refractivity contribution >= 4 is 17.7 Å². The third kappa shape index (κ3) is 1.82. The van der Waals surface area contributed by atoms with Gasteiger partial charge in [0.25, 0.3) is 0 Å². The van der Waals surface area contributed by atoms with Gasteiger partial charge in [-0.25, -0.2) is 4.79 Å². The molecule has 17 heavy (non-hydrogen) atoms. The van der Waals surface area contributed by atoms with Crippen LogP contribution >= 0.6 is 11.6 Å². The van der Waals surface area contributed by atoms with E-state index >= 15 is 0 Å². The van der Waals surface area contributed by atoms with Crippen molar-refractivity contribution in [3.05, 3.63) is 34.3 Å². The van der Waals surface area contributed by atoms with E-state index in [1.807, 2.05) is 6.07 Å². The van der Waals surface area contributed by atoms with Gasteiger partial charge in [-0.15, -0.1) is 0 Å². The summed E-state index contributed by atoms with van der Waals surface area (Å²) >= 11 is 6.31. The number of hydrogen-bond donors (Lipinski definition) is 0. The molecule has 2 aliphatic rings. The average molecular weight is 248 g/mol. The third-order valence-electron chi connectivity index (χ3n) is 4.00. The van der Waals surface area contributed by atoms with Gasteiger partial charge in [-0.05, 0) is 55.2 Å². The van der Waals surface area contributed by atoms with Crippen molar-refractivity contribution in [1.29, 1.82) is 0 Å². The molecule has 3 heteroatoms. The Hall–Kier alpha value is -1.11. The molecule has 88 valence electrons. The molecule has 2 fully saturated rings. The first-order chi connectivity index (χ1) is 8.25. The van der Waals surface area contributed by atoms with Crippen molar-refractivity contribution in [1.82, 2.24) is 0 Å². The summed E-state index contributed by atoms with van der Waals surface area (Å²) in [5.41, 5.74) is 1.99. The highest BCUT2D eigenvalue weighted by molar-refractivity contribution is 6.31. The molecule has 0 aromatic heterocycles. The summed E-state index contributed by atoms with van der Waals surface area (Å²) in [5.74, 6) is 0.656. The van der Waals surface area contributed by atoms with Crippen LogP contribution in [0.15, 0.2) is 23.2 Å².